The van der Waals surface area contributed by atoms with Crippen molar-refractivity contribution >= 4 is 11.8 Å². The molecular formula is C21H22N6O2. The van der Waals surface area contributed by atoms with Gasteiger partial charge in [0.25, 0.3) is 5.91 Å². The topological polar surface area (TPSA) is 104 Å². The van der Waals surface area contributed by atoms with E-state index in [-0.39, 0.29) is 17.7 Å². The molecule has 8 heteroatoms. The fourth-order valence-electron chi connectivity index (χ4n) is 3.45. The van der Waals surface area contributed by atoms with Crippen molar-refractivity contribution in [1.29, 1.82) is 0 Å². The first-order chi connectivity index (χ1) is 14.2. The molecule has 2 N–H and O–H groups in total. The van der Waals surface area contributed by atoms with Crippen LogP contribution >= 0.6 is 0 Å². The molecule has 0 bridgehead atoms. The van der Waals surface area contributed by atoms with Crippen LogP contribution < -0.4 is 5.32 Å². The second kappa shape index (κ2) is 8.64. The van der Waals surface area contributed by atoms with E-state index in [0.29, 0.717) is 38.2 Å². The molecule has 1 aliphatic rings. The summed E-state index contributed by atoms with van der Waals surface area (Å²) in [6.45, 7) is 1.58. The highest BCUT2D eigenvalue weighted by atomic mass is 16.2. The monoisotopic (exact) mass is 390 g/mol. The lowest BCUT2D eigenvalue weighted by atomic mass is 9.95. The number of likely N-dealkylation sites (tertiary alicyclic amines) is 1. The number of aromatic amines is 1. The molecule has 2 amide bonds. The van der Waals surface area contributed by atoms with Crippen LogP contribution in [-0.2, 0) is 11.3 Å². The number of nitrogens with one attached hydrogen (secondary N) is 2. The maximum Gasteiger partial charge on any atom is 0.274 e. The Kier molecular flexibility index (Phi) is 5.60. The molecule has 0 saturated carbocycles. The minimum atomic E-state index is -0.114. The minimum Gasteiger partial charge on any atom is -0.352 e. The molecule has 29 heavy (non-hydrogen) atoms. The predicted molar refractivity (Wildman–Crippen MR) is 107 cm³/mol. The van der Waals surface area contributed by atoms with E-state index < -0.39 is 0 Å². The van der Waals surface area contributed by atoms with E-state index in [1.165, 1.54) is 0 Å². The van der Waals surface area contributed by atoms with E-state index in [1.807, 2.05) is 24.3 Å². The van der Waals surface area contributed by atoms with Crippen molar-refractivity contribution in [2.45, 2.75) is 19.4 Å². The van der Waals surface area contributed by atoms with Crippen molar-refractivity contribution in [2.75, 3.05) is 13.1 Å². The highest BCUT2D eigenvalue weighted by Crippen LogP contribution is 2.21. The minimum absolute atomic E-state index is 0.0358. The number of carbonyl (C=O) groups excluding carboxylic acids is 2. The summed E-state index contributed by atoms with van der Waals surface area (Å²) in [6.07, 6.45) is 8.11. The van der Waals surface area contributed by atoms with Gasteiger partial charge in [0.2, 0.25) is 5.91 Å². The van der Waals surface area contributed by atoms with Crippen LogP contribution in [0, 0.1) is 5.92 Å². The van der Waals surface area contributed by atoms with Crippen LogP contribution in [0.4, 0.5) is 0 Å². The van der Waals surface area contributed by atoms with E-state index in [9.17, 15) is 9.59 Å². The molecule has 0 aromatic carbocycles. The van der Waals surface area contributed by atoms with E-state index in [0.717, 1.165) is 16.8 Å². The number of hydrogen-bond donors (Lipinski definition) is 2. The maximum atomic E-state index is 12.8. The third-order valence-electron chi connectivity index (χ3n) is 5.16. The Bertz CT molecular complexity index is 965. The van der Waals surface area contributed by atoms with Crippen LogP contribution in [0.15, 0.2) is 55.1 Å². The fourth-order valence-corrected chi connectivity index (χ4v) is 3.45. The first kappa shape index (κ1) is 18.8. The Balaban J connectivity index is 1.29. The molecular weight excluding hydrogens is 368 g/mol. The summed E-state index contributed by atoms with van der Waals surface area (Å²) in [4.78, 5) is 34.9. The van der Waals surface area contributed by atoms with E-state index in [1.54, 1.807) is 35.8 Å². The molecule has 0 atom stereocenters. The standard InChI is InChI=1S/C21H22N6O2/c28-20(24-14-15-1-7-22-8-2-15)17-5-11-27(12-6-17)21(29)19-13-18(25-26-19)16-3-9-23-10-4-16/h1-4,7-10,13,17H,5-6,11-12,14H2,(H,24,28)(H,25,26). The third kappa shape index (κ3) is 4.48. The Morgan fingerprint density at radius 2 is 1.69 bits per heavy atom. The Labute approximate surface area is 168 Å². The molecule has 8 nitrogen and oxygen atoms in total. The number of H-pyrrole nitrogens is 1. The zero-order valence-electron chi connectivity index (χ0n) is 15.9. The fraction of sp³-hybridized carbons (Fsp3) is 0.286. The van der Waals surface area contributed by atoms with Gasteiger partial charge in [0.1, 0.15) is 0 Å². The quantitative estimate of drug-likeness (QED) is 0.694. The zero-order valence-corrected chi connectivity index (χ0v) is 15.9. The van der Waals surface area contributed by atoms with Crippen molar-refractivity contribution in [3.8, 4) is 11.3 Å². The summed E-state index contributed by atoms with van der Waals surface area (Å²) >= 11 is 0. The van der Waals surface area contributed by atoms with Gasteiger partial charge in [-0.3, -0.25) is 24.7 Å². The van der Waals surface area contributed by atoms with Gasteiger partial charge in [-0.15, -0.1) is 0 Å². The van der Waals surface area contributed by atoms with Gasteiger partial charge in [0.05, 0.1) is 5.69 Å². The van der Waals surface area contributed by atoms with Gasteiger partial charge in [-0.05, 0) is 48.7 Å². The second-order valence-corrected chi connectivity index (χ2v) is 7.04. The normalized spacial score (nSPS) is 14.6. The highest BCUT2D eigenvalue weighted by Gasteiger charge is 2.28. The molecule has 1 aliphatic heterocycles. The lowest BCUT2D eigenvalue weighted by Gasteiger charge is -2.30. The SMILES string of the molecule is O=C(NCc1ccncc1)C1CCN(C(=O)c2cc(-c3ccncc3)[nH]n2)CC1. The van der Waals surface area contributed by atoms with Crippen molar-refractivity contribution in [3.05, 3.63) is 66.4 Å². The number of carbonyl (C=O) groups is 2. The molecule has 148 valence electrons. The first-order valence-electron chi connectivity index (χ1n) is 9.62. The predicted octanol–water partition coefficient (Wildman–Crippen LogP) is 2.04. The zero-order chi connectivity index (χ0) is 20.1. The van der Waals surface area contributed by atoms with Crippen LogP contribution in [0.25, 0.3) is 11.3 Å². The summed E-state index contributed by atoms with van der Waals surface area (Å²) in [6, 6.07) is 9.23. The summed E-state index contributed by atoms with van der Waals surface area (Å²) in [5.74, 6) is -0.154. The van der Waals surface area contributed by atoms with Crippen LogP contribution in [0.3, 0.4) is 0 Å². The molecule has 1 saturated heterocycles. The van der Waals surface area contributed by atoms with Crippen LogP contribution in [-0.4, -0.2) is 50.0 Å². The summed E-state index contributed by atoms with van der Waals surface area (Å²) in [5.41, 5.74) is 3.11. The molecule has 0 spiro atoms. The van der Waals surface area contributed by atoms with Crippen molar-refractivity contribution in [3.63, 3.8) is 0 Å². The van der Waals surface area contributed by atoms with Gasteiger partial charge in [0.15, 0.2) is 5.69 Å². The van der Waals surface area contributed by atoms with Gasteiger partial charge in [0, 0.05) is 55.9 Å². The van der Waals surface area contributed by atoms with Crippen LogP contribution in [0.1, 0.15) is 28.9 Å². The Hall–Kier alpha value is -3.55. The number of hydrogen-bond acceptors (Lipinski definition) is 5. The molecule has 3 aromatic heterocycles. The number of nitrogens with zero attached hydrogens (tertiary/aromatic N) is 4. The molecule has 1 fully saturated rings. The van der Waals surface area contributed by atoms with E-state index in [2.05, 4.69) is 25.5 Å². The molecule has 4 rings (SSSR count). The lowest BCUT2D eigenvalue weighted by molar-refractivity contribution is -0.126. The summed E-state index contributed by atoms with van der Waals surface area (Å²) in [7, 11) is 0. The van der Waals surface area contributed by atoms with Crippen molar-refractivity contribution in [1.82, 2.24) is 30.4 Å². The summed E-state index contributed by atoms with van der Waals surface area (Å²) < 4.78 is 0. The van der Waals surface area contributed by atoms with Crippen molar-refractivity contribution < 1.29 is 9.59 Å². The van der Waals surface area contributed by atoms with Crippen molar-refractivity contribution in [2.24, 2.45) is 5.92 Å². The average Bonchev–Trinajstić information content (AvgIpc) is 3.29. The van der Waals surface area contributed by atoms with Gasteiger partial charge in [-0.25, -0.2) is 0 Å². The van der Waals surface area contributed by atoms with Crippen LogP contribution in [0.2, 0.25) is 0 Å². The first-order valence-corrected chi connectivity index (χ1v) is 9.62. The lowest BCUT2D eigenvalue weighted by Crippen LogP contribution is -2.43. The molecule has 4 heterocycles. The number of amides is 2. The van der Waals surface area contributed by atoms with Gasteiger partial charge >= 0.3 is 0 Å². The number of pyridine rings is 2. The second-order valence-electron chi connectivity index (χ2n) is 7.04. The number of aromatic nitrogens is 4. The van der Waals surface area contributed by atoms with Gasteiger partial charge in [-0.2, -0.15) is 5.10 Å². The summed E-state index contributed by atoms with van der Waals surface area (Å²) in [5, 5.41) is 10.0. The Morgan fingerprint density at radius 1 is 1.03 bits per heavy atom. The molecule has 0 aliphatic carbocycles. The maximum absolute atomic E-state index is 12.8. The number of rotatable bonds is 5. The average molecular weight is 390 g/mol. The van der Waals surface area contributed by atoms with Gasteiger partial charge in [-0.1, -0.05) is 0 Å². The number of piperidine rings is 1. The third-order valence-corrected chi connectivity index (χ3v) is 5.16. The molecule has 3 aromatic rings. The van der Waals surface area contributed by atoms with E-state index >= 15 is 0 Å². The molecule has 0 unspecified atom stereocenters. The smallest absolute Gasteiger partial charge is 0.274 e. The largest absolute Gasteiger partial charge is 0.352 e. The van der Waals surface area contributed by atoms with Gasteiger partial charge < -0.3 is 10.2 Å². The Morgan fingerprint density at radius 3 is 2.38 bits per heavy atom. The van der Waals surface area contributed by atoms with Crippen LogP contribution in [0.5, 0.6) is 0 Å². The van der Waals surface area contributed by atoms with E-state index in [4.69, 9.17) is 0 Å². The highest BCUT2D eigenvalue weighted by molar-refractivity contribution is 5.93. The molecule has 0 radical (unpaired) electrons.